The van der Waals surface area contributed by atoms with E-state index in [0.717, 1.165) is 50.5 Å². The number of ether oxygens (including phenoxy) is 1. The molecule has 15 heteroatoms. The number of methoxy groups -OCH3 is 1. The second-order valence-corrected chi connectivity index (χ2v) is 11.6. The monoisotopic (exact) mass is 1290 g/mol. The van der Waals surface area contributed by atoms with Crippen molar-refractivity contribution >= 4 is 10.9 Å². The van der Waals surface area contributed by atoms with Crippen molar-refractivity contribution in [3.8, 4) is 45.7 Å². The number of benzene rings is 4. The van der Waals surface area contributed by atoms with Gasteiger partial charge in [-0.05, 0) is 53.8 Å². The molecule has 5 heterocycles. The molecule has 5 aromatic heterocycles. The molecule has 0 unspecified atom stereocenters. The van der Waals surface area contributed by atoms with Crippen LogP contribution in [0.15, 0.2) is 147 Å². The van der Waals surface area contributed by atoms with Gasteiger partial charge in [0.1, 0.15) is 11.8 Å². The third kappa shape index (κ3) is 11.0. The molecule has 0 bridgehead atoms. The molecule has 9 aromatic rings. The number of fused-ring (bicyclic) bond motifs is 1. The van der Waals surface area contributed by atoms with E-state index >= 15 is 0 Å². The summed E-state index contributed by atoms with van der Waals surface area (Å²) in [6.45, 7) is 1.97. The van der Waals surface area contributed by atoms with Gasteiger partial charge in [0.05, 0.1) is 36.9 Å². The number of hydrogen-bond acceptors (Lipinski definition) is 7. The van der Waals surface area contributed by atoms with Gasteiger partial charge in [0.15, 0.2) is 5.69 Å². The molecule has 0 saturated heterocycles. The van der Waals surface area contributed by atoms with Crippen LogP contribution in [0.3, 0.4) is 0 Å². The molecule has 0 aliphatic rings. The Labute approximate surface area is 368 Å². The Morgan fingerprint density at radius 2 is 1.49 bits per heavy atom. The van der Waals surface area contributed by atoms with E-state index < -0.39 is 0 Å². The number of aromatic nitrogens is 9. The summed E-state index contributed by atoms with van der Waals surface area (Å²) in [5.74, 6) is 0.426. The van der Waals surface area contributed by atoms with Gasteiger partial charge >= 0.3 is 0 Å². The number of pyridine rings is 1. The molecule has 9 rings (SSSR count). The molecule has 4 aromatic carbocycles. The van der Waals surface area contributed by atoms with Gasteiger partial charge in [-0.3, -0.25) is 23.4 Å². The van der Waals surface area contributed by atoms with Crippen molar-refractivity contribution in [3.63, 3.8) is 0 Å². The molecule has 0 fully saturated rings. The zero-order valence-corrected chi connectivity index (χ0v) is 37.3. The van der Waals surface area contributed by atoms with Gasteiger partial charge in [-0.25, -0.2) is 4.68 Å². The Hall–Kier alpha value is -5.70. The van der Waals surface area contributed by atoms with Crippen LogP contribution in [0.25, 0.3) is 44.8 Å². The van der Waals surface area contributed by atoms with Crippen LogP contribution >= 0.6 is 0 Å². The number of aryl methyl sites for hydroxylation is 1. The number of nitriles is 1. The Balaban J connectivity index is 0.000000187. The summed E-state index contributed by atoms with van der Waals surface area (Å²) in [7, 11) is 1.60. The van der Waals surface area contributed by atoms with Crippen molar-refractivity contribution < 1.29 is 69.4 Å². The maximum atomic E-state index is 12.9. The summed E-state index contributed by atoms with van der Waals surface area (Å²) < 4.78 is 24.8. The minimum Gasteiger partial charge on any atom is -0.554 e. The van der Waals surface area contributed by atoms with Crippen LogP contribution in [-0.2, 0) is 60.3 Å². The minimum absolute atomic E-state index is 0. The maximum Gasteiger partial charge on any atom is 0.162 e. The first-order valence-corrected chi connectivity index (χ1v) is 16.6. The molecule has 0 amide bonds. The van der Waals surface area contributed by atoms with Gasteiger partial charge in [0, 0.05) is 102 Å². The second kappa shape index (κ2) is 21.0. The predicted octanol–water partition coefficient (Wildman–Crippen LogP) is 7.74. The predicted molar refractivity (Wildman–Crippen MR) is 201 cm³/mol. The number of para-hydroxylation sites is 1. The number of nitrogens with zero attached hydrogens (tertiary/aromatic N) is 10. The van der Waals surface area contributed by atoms with Crippen LogP contribution in [0, 0.1) is 42.3 Å². The summed E-state index contributed by atoms with van der Waals surface area (Å²) >= 11 is 0. The fourth-order valence-corrected chi connectivity index (χ4v) is 5.31. The smallest absolute Gasteiger partial charge is 0.162 e. The van der Waals surface area contributed by atoms with E-state index in [-0.39, 0.29) is 66.1 Å². The molecule has 3 radical (unpaired) electrons. The molecule has 0 atom stereocenters. The van der Waals surface area contributed by atoms with Crippen LogP contribution in [0.2, 0.25) is 0 Å². The molecule has 0 spiro atoms. The van der Waals surface area contributed by atoms with E-state index in [1.54, 1.807) is 53.3 Å². The Morgan fingerprint density at radius 1 is 0.719 bits per heavy atom. The van der Waals surface area contributed by atoms with Crippen LogP contribution in [0.4, 0.5) is 4.39 Å². The standard InChI is InChI=1S/C16H10FN4.C15H12N3.C11H8N3O.3Ir/c17-13-5-7-14(8-6-13)20-11-15(10-18-20)21-16-4-2-1-3-12(16)9-19-21;1-12-7-9-18(17-12)15-6-2-4-13(10-15)14-5-3-8-16-11-14;1-15-11-4-2-10(3-5-11)14-7-6-9(8-12)13-14;;;/h1-7,9-11H;2-5,7-11H,1H3;2,4-7H,1H3;;;/q3*-1;;;. The Kier molecular flexibility index (Phi) is 16.2. The van der Waals surface area contributed by atoms with E-state index in [0.29, 0.717) is 11.4 Å². The molecule has 0 aliphatic carbocycles. The van der Waals surface area contributed by atoms with Crippen LogP contribution in [0.5, 0.6) is 5.75 Å². The van der Waals surface area contributed by atoms with Crippen molar-refractivity contribution in [2.45, 2.75) is 6.92 Å². The van der Waals surface area contributed by atoms with Crippen molar-refractivity contribution in [3.05, 3.63) is 182 Å². The first kappa shape index (κ1) is 44.0. The zero-order chi connectivity index (χ0) is 37.3. The molecular formula is C42H30FIr3N10O-3. The molecule has 291 valence electrons. The average Bonchev–Trinajstić information content (AvgIpc) is 4.07. The van der Waals surface area contributed by atoms with Gasteiger partial charge in [0.2, 0.25) is 0 Å². The molecule has 11 nitrogen and oxygen atoms in total. The molecule has 0 N–H and O–H groups in total. The average molecular weight is 1290 g/mol. The fourth-order valence-electron chi connectivity index (χ4n) is 5.31. The number of rotatable bonds is 6. The van der Waals surface area contributed by atoms with Gasteiger partial charge in [-0.2, -0.15) is 56.0 Å². The number of halogens is 1. The van der Waals surface area contributed by atoms with Crippen molar-refractivity contribution in [2.75, 3.05) is 7.11 Å². The SMILES string of the molecule is COc1c[c-]c(-n2ccc(C#N)n2)cc1.Cc1ccn(-c2[c-]ccc(-c3cccnc3)c2)n1.Fc1c[c-]c(-n2cc(-n3ncc4ccccc43)cn2)cc1.[Ir].[Ir].[Ir]. The third-order valence-electron chi connectivity index (χ3n) is 8.00. The number of hydrogen-bond donors (Lipinski definition) is 0. The van der Waals surface area contributed by atoms with Crippen LogP contribution in [-0.4, -0.2) is 51.2 Å². The first-order chi connectivity index (χ1) is 26.5. The van der Waals surface area contributed by atoms with E-state index in [4.69, 9.17) is 10.00 Å². The molecule has 57 heavy (non-hydrogen) atoms. The van der Waals surface area contributed by atoms with Crippen LogP contribution < -0.4 is 4.74 Å². The summed E-state index contributed by atoms with van der Waals surface area (Å²) in [6.07, 6.45) is 12.7. The third-order valence-corrected chi connectivity index (χ3v) is 8.00. The van der Waals surface area contributed by atoms with Crippen molar-refractivity contribution in [2.24, 2.45) is 0 Å². The summed E-state index contributed by atoms with van der Waals surface area (Å²) in [5.41, 5.74) is 7.84. The van der Waals surface area contributed by atoms with E-state index in [9.17, 15) is 4.39 Å². The maximum absolute atomic E-state index is 12.9. The fraction of sp³-hybridized carbons (Fsp3) is 0.0476. The zero-order valence-electron chi connectivity index (χ0n) is 30.1. The van der Waals surface area contributed by atoms with Crippen molar-refractivity contribution in [1.82, 2.24) is 44.1 Å². The molecular weight excluding hydrogens is 1260 g/mol. The second-order valence-electron chi connectivity index (χ2n) is 11.6. The van der Waals surface area contributed by atoms with Crippen molar-refractivity contribution in [1.29, 1.82) is 5.26 Å². The quantitative estimate of drug-likeness (QED) is 0.157. The summed E-state index contributed by atoms with van der Waals surface area (Å²) in [6, 6.07) is 42.3. The van der Waals surface area contributed by atoms with Gasteiger partial charge < -0.3 is 4.74 Å². The van der Waals surface area contributed by atoms with E-state index in [1.165, 1.54) is 12.1 Å². The largest absolute Gasteiger partial charge is 0.554 e. The van der Waals surface area contributed by atoms with E-state index in [2.05, 4.69) is 49.6 Å². The van der Waals surface area contributed by atoms with Crippen LogP contribution in [0.1, 0.15) is 11.4 Å². The van der Waals surface area contributed by atoms with Gasteiger partial charge in [0.25, 0.3) is 0 Å². The summed E-state index contributed by atoms with van der Waals surface area (Å²) in [5, 5.41) is 26.8. The minimum atomic E-state index is -0.316. The topological polar surface area (TPSA) is 117 Å². The Morgan fingerprint density at radius 3 is 2.18 bits per heavy atom. The van der Waals surface area contributed by atoms with Gasteiger partial charge in [-0.15, -0.1) is 48.0 Å². The first-order valence-electron chi connectivity index (χ1n) is 16.6. The Bertz CT molecular complexity index is 2650. The molecule has 0 aliphatic heterocycles. The summed E-state index contributed by atoms with van der Waals surface area (Å²) in [4.78, 5) is 4.13. The molecule has 0 saturated carbocycles. The van der Waals surface area contributed by atoms with E-state index in [1.807, 2.05) is 114 Å². The normalized spacial score (nSPS) is 9.93. The van der Waals surface area contributed by atoms with Gasteiger partial charge in [-0.1, -0.05) is 24.3 Å².